The molecule has 0 spiro atoms. The van der Waals surface area contributed by atoms with E-state index in [2.05, 4.69) is 10.2 Å². The number of nitrogens with zero attached hydrogens (tertiary/aromatic N) is 2. The summed E-state index contributed by atoms with van der Waals surface area (Å²) in [4.78, 5) is 15.8. The Labute approximate surface area is 119 Å². The van der Waals surface area contributed by atoms with Crippen LogP contribution in [0, 0.1) is 0 Å². The first-order valence-electron chi connectivity index (χ1n) is 7.05. The van der Waals surface area contributed by atoms with Crippen LogP contribution in [0.15, 0.2) is 22.8 Å². The standard InChI is InChI=1S/C14H23N3O3/c1-11(2)15-14(19)17-7-5-16(6-8-17)10-12(18)13-4-3-9-20-13/h3-4,9,11-12,18H,5-8,10H2,1-2H3,(H,15,19). The van der Waals surface area contributed by atoms with Crippen LogP contribution in [0.2, 0.25) is 0 Å². The van der Waals surface area contributed by atoms with Gasteiger partial charge in [0.25, 0.3) is 0 Å². The van der Waals surface area contributed by atoms with E-state index >= 15 is 0 Å². The molecule has 2 amide bonds. The van der Waals surface area contributed by atoms with E-state index in [1.165, 1.54) is 0 Å². The molecule has 0 bridgehead atoms. The first-order chi connectivity index (χ1) is 9.56. The maximum Gasteiger partial charge on any atom is 0.317 e. The normalized spacial score (nSPS) is 18.3. The van der Waals surface area contributed by atoms with Gasteiger partial charge in [0, 0.05) is 38.8 Å². The molecule has 0 aromatic carbocycles. The van der Waals surface area contributed by atoms with Gasteiger partial charge in [0.15, 0.2) is 0 Å². The fraction of sp³-hybridized carbons (Fsp3) is 0.643. The summed E-state index contributed by atoms with van der Waals surface area (Å²) in [7, 11) is 0. The van der Waals surface area contributed by atoms with Gasteiger partial charge in [-0.2, -0.15) is 0 Å². The number of furan rings is 1. The molecule has 112 valence electrons. The molecule has 2 N–H and O–H groups in total. The number of amides is 2. The van der Waals surface area contributed by atoms with Gasteiger partial charge in [0.1, 0.15) is 11.9 Å². The van der Waals surface area contributed by atoms with Crippen molar-refractivity contribution < 1.29 is 14.3 Å². The zero-order valence-electron chi connectivity index (χ0n) is 12.1. The van der Waals surface area contributed by atoms with Crippen LogP contribution in [0.25, 0.3) is 0 Å². The largest absolute Gasteiger partial charge is 0.467 e. The van der Waals surface area contributed by atoms with E-state index in [1.54, 1.807) is 18.4 Å². The molecule has 0 aliphatic carbocycles. The van der Waals surface area contributed by atoms with Crippen LogP contribution in [-0.2, 0) is 0 Å². The van der Waals surface area contributed by atoms with Crippen LogP contribution >= 0.6 is 0 Å². The number of carbonyl (C=O) groups excluding carboxylic acids is 1. The molecule has 2 heterocycles. The van der Waals surface area contributed by atoms with Crippen molar-refractivity contribution in [2.24, 2.45) is 0 Å². The summed E-state index contributed by atoms with van der Waals surface area (Å²) in [6, 6.07) is 3.69. The number of piperazine rings is 1. The number of carbonyl (C=O) groups is 1. The van der Waals surface area contributed by atoms with Gasteiger partial charge in [-0.15, -0.1) is 0 Å². The summed E-state index contributed by atoms with van der Waals surface area (Å²) >= 11 is 0. The number of rotatable bonds is 4. The number of aliphatic hydroxyl groups excluding tert-OH is 1. The van der Waals surface area contributed by atoms with Crippen molar-refractivity contribution in [1.29, 1.82) is 0 Å². The van der Waals surface area contributed by atoms with Crippen molar-refractivity contribution in [2.75, 3.05) is 32.7 Å². The summed E-state index contributed by atoms with van der Waals surface area (Å²) in [5, 5.41) is 12.9. The second-order valence-corrected chi connectivity index (χ2v) is 5.42. The fourth-order valence-corrected chi connectivity index (χ4v) is 2.29. The van der Waals surface area contributed by atoms with E-state index in [4.69, 9.17) is 4.42 Å². The summed E-state index contributed by atoms with van der Waals surface area (Å²) in [5.41, 5.74) is 0. The maximum atomic E-state index is 11.9. The molecule has 6 heteroatoms. The Hall–Kier alpha value is -1.53. The molecule has 1 aromatic rings. The molecular formula is C14H23N3O3. The molecule has 1 fully saturated rings. The van der Waals surface area contributed by atoms with E-state index in [-0.39, 0.29) is 12.1 Å². The molecule has 6 nitrogen and oxygen atoms in total. The lowest BCUT2D eigenvalue weighted by Gasteiger charge is -2.35. The fourth-order valence-electron chi connectivity index (χ4n) is 2.29. The predicted octanol–water partition coefficient (Wildman–Crippen LogP) is 1.05. The zero-order valence-corrected chi connectivity index (χ0v) is 12.1. The molecule has 1 aromatic heterocycles. The smallest absolute Gasteiger partial charge is 0.317 e. The van der Waals surface area contributed by atoms with Gasteiger partial charge in [-0.1, -0.05) is 0 Å². The number of hydrogen-bond donors (Lipinski definition) is 2. The van der Waals surface area contributed by atoms with Crippen LogP contribution in [0.5, 0.6) is 0 Å². The number of nitrogens with one attached hydrogen (secondary N) is 1. The zero-order chi connectivity index (χ0) is 14.5. The molecule has 0 saturated carbocycles. The van der Waals surface area contributed by atoms with Gasteiger partial charge in [-0.3, -0.25) is 4.90 Å². The summed E-state index contributed by atoms with van der Waals surface area (Å²) in [6.45, 7) is 7.34. The highest BCUT2D eigenvalue weighted by Gasteiger charge is 2.23. The Balaban J connectivity index is 1.75. The van der Waals surface area contributed by atoms with Crippen LogP contribution in [0.4, 0.5) is 4.79 Å². The first-order valence-corrected chi connectivity index (χ1v) is 7.05. The molecule has 1 saturated heterocycles. The lowest BCUT2D eigenvalue weighted by molar-refractivity contribution is 0.0689. The lowest BCUT2D eigenvalue weighted by atomic mass is 10.2. The Bertz CT molecular complexity index is 411. The highest BCUT2D eigenvalue weighted by atomic mass is 16.4. The summed E-state index contributed by atoms with van der Waals surface area (Å²) in [5.74, 6) is 0.588. The average Bonchev–Trinajstić information content (AvgIpc) is 2.92. The second kappa shape index (κ2) is 6.76. The third-order valence-corrected chi connectivity index (χ3v) is 3.37. The SMILES string of the molecule is CC(C)NC(=O)N1CCN(CC(O)c2ccco2)CC1. The molecule has 2 rings (SSSR count). The molecule has 1 unspecified atom stereocenters. The van der Waals surface area contributed by atoms with Crippen molar-refractivity contribution >= 4 is 6.03 Å². The minimum Gasteiger partial charge on any atom is -0.467 e. The molecule has 0 radical (unpaired) electrons. The van der Waals surface area contributed by atoms with Gasteiger partial charge >= 0.3 is 6.03 Å². The number of aliphatic hydroxyl groups is 1. The van der Waals surface area contributed by atoms with Crippen molar-refractivity contribution in [3.63, 3.8) is 0 Å². The Morgan fingerprint density at radius 2 is 2.10 bits per heavy atom. The van der Waals surface area contributed by atoms with E-state index in [9.17, 15) is 9.90 Å². The van der Waals surface area contributed by atoms with Crippen LogP contribution in [0.1, 0.15) is 25.7 Å². The molecule has 1 aliphatic heterocycles. The van der Waals surface area contributed by atoms with Gasteiger partial charge in [0.2, 0.25) is 0 Å². The lowest BCUT2D eigenvalue weighted by Crippen LogP contribution is -2.53. The molecule has 1 atom stereocenters. The maximum absolute atomic E-state index is 11.9. The summed E-state index contributed by atoms with van der Waals surface area (Å²) in [6.07, 6.45) is 0.952. The topological polar surface area (TPSA) is 69.0 Å². The van der Waals surface area contributed by atoms with E-state index in [1.807, 2.05) is 18.7 Å². The highest BCUT2D eigenvalue weighted by molar-refractivity contribution is 5.74. The van der Waals surface area contributed by atoms with Crippen LogP contribution < -0.4 is 5.32 Å². The first kappa shape index (κ1) is 14.9. The van der Waals surface area contributed by atoms with Crippen LogP contribution in [0.3, 0.4) is 0 Å². The predicted molar refractivity (Wildman–Crippen MR) is 75.3 cm³/mol. The second-order valence-electron chi connectivity index (χ2n) is 5.42. The number of urea groups is 1. The number of hydrogen-bond acceptors (Lipinski definition) is 4. The Kier molecular flexibility index (Phi) is 5.03. The number of β-amino-alcohol motifs (C(OH)–C–C–N with tert-alkyl or cyclic N) is 1. The molecule has 1 aliphatic rings. The van der Waals surface area contributed by atoms with Crippen molar-refractivity contribution in [3.8, 4) is 0 Å². The highest BCUT2D eigenvalue weighted by Crippen LogP contribution is 2.15. The van der Waals surface area contributed by atoms with E-state index in [0.29, 0.717) is 25.4 Å². The van der Waals surface area contributed by atoms with E-state index < -0.39 is 6.10 Å². The third kappa shape index (κ3) is 3.98. The van der Waals surface area contributed by atoms with Crippen molar-refractivity contribution in [3.05, 3.63) is 24.2 Å². The van der Waals surface area contributed by atoms with Gasteiger partial charge in [0.05, 0.1) is 6.26 Å². The minimum atomic E-state index is -0.610. The Morgan fingerprint density at radius 1 is 1.40 bits per heavy atom. The summed E-state index contributed by atoms with van der Waals surface area (Å²) < 4.78 is 5.19. The van der Waals surface area contributed by atoms with E-state index in [0.717, 1.165) is 13.1 Å². The van der Waals surface area contributed by atoms with Crippen molar-refractivity contribution in [1.82, 2.24) is 15.1 Å². The van der Waals surface area contributed by atoms with Crippen LogP contribution in [-0.4, -0.2) is 59.7 Å². The Morgan fingerprint density at radius 3 is 2.65 bits per heavy atom. The van der Waals surface area contributed by atoms with Gasteiger partial charge in [-0.25, -0.2) is 4.79 Å². The van der Waals surface area contributed by atoms with Gasteiger partial charge in [-0.05, 0) is 26.0 Å². The monoisotopic (exact) mass is 281 g/mol. The average molecular weight is 281 g/mol. The minimum absolute atomic E-state index is 0.00812. The quantitative estimate of drug-likeness (QED) is 0.865. The molecular weight excluding hydrogens is 258 g/mol. The van der Waals surface area contributed by atoms with Gasteiger partial charge < -0.3 is 19.7 Å². The van der Waals surface area contributed by atoms with Crippen molar-refractivity contribution in [2.45, 2.75) is 26.0 Å². The molecule has 20 heavy (non-hydrogen) atoms. The third-order valence-electron chi connectivity index (χ3n) is 3.37.